The van der Waals surface area contributed by atoms with Crippen LogP contribution in [0.1, 0.15) is 45.4 Å². The van der Waals surface area contributed by atoms with Crippen molar-refractivity contribution in [2.75, 3.05) is 13.1 Å². The summed E-state index contributed by atoms with van der Waals surface area (Å²) < 4.78 is 0. The van der Waals surface area contributed by atoms with Crippen LogP contribution in [-0.4, -0.2) is 18.6 Å². The Labute approximate surface area is 87.6 Å². The molecule has 3 N–H and O–H groups in total. The Hall–Kier alpha value is -0.0800. The number of rotatable bonds is 5. The summed E-state index contributed by atoms with van der Waals surface area (Å²) >= 11 is 0. The van der Waals surface area contributed by atoms with E-state index in [-0.39, 0.29) is 0 Å². The maximum absolute atomic E-state index is 5.88. The highest BCUT2D eigenvalue weighted by atomic mass is 15.0. The van der Waals surface area contributed by atoms with Gasteiger partial charge in [0, 0.05) is 12.1 Å². The van der Waals surface area contributed by atoms with E-state index in [1.807, 2.05) is 0 Å². The molecule has 2 aliphatic carbocycles. The summed E-state index contributed by atoms with van der Waals surface area (Å²) in [4.78, 5) is 0. The Balaban J connectivity index is 1.76. The highest BCUT2D eigenvalue weighted by Gasteiger charge is 2.34. The van der Waals surface area contributed by atoms with E-state index in [4.69, 9.17) is 5.73 Å². The van der Waals surface area contributed by atoms with Crippen LogP contribution in [0.25, 0.3) is 0 Å². The van der Waals surface area contributed by atoms with Gasteiger partial charge in [0.15, 0.2) is 0 Å². The third-order valence-electron chi connectivity index (χ3n) is 4.18. The van der Waals surface area contributed by atoms with Crippen molar-refractivity contribution in [3.05, 3.63) is 0 Å². The first kappa shape index (κ1) is 10.4. The second-order valence-electron chi connectivity index (χ2n) is 5.39. The van der Waals surface area contributed by atoms with Crippen LogP contribution in [0, 0.1) is 11.8 Å². The zero-order chi connectivity index (χ0) is 10.0. The zero-order valence-corrected chi connectivity index (χ0v) is 9.39. The first-order chi connectivity index (χ1) is 6.76. The van der Waals surface area contributed by atoms with Crippen LogP contribution in [0.15, 0.2) is 0 Å². The van der Waals surface area contributed by atoms with Gasteiger partial charge in [0.1, 0.15) is 0 Å². The van der Waals surface area contributed by atoms with Crippen molar-refractivity contribution in [3.8, 4) is 0 Å². The van der Waals surface area contributed by atoms with Crippen LogP contribution in [0.5, 0.6) is 0 Å². The SMILES string of the molecule is CC(CNC1(CN)CCCC1)C1CC1. The van der Waals surface area contributed by atoms with Gasteiger partial charge in [-0.25, -0.2) is 0 Å². The lowest BCUT2D eigenvalue weighted by molar-refractivity contribution is 0.307. The van der Waals surface area contributed by atoms with Gasteiger partial charge in [0.25, 0.3) is 0 Å². The normalized spacial score (nSPS) is 27.9. The topological polar surface area (TPSA) is 38.0 Å². The first-order valence-corrected chi connectivity index (χ1v) is 6.21. The molecule has 14 heavy (non-hydrogen) atoms. The van der Waals surface area contributed by atoms with Crippen molar-refractivity contribution in [3.63, 3.8) is 0 Å². The minimum Gasteiger partial charge on any atom is -0.329 e. The summed E-state index contributed by atoms with van der Waals surface area (Å²) in [5.74, 6) is 1.87. The molecule has 1 atom stereocenters. The quantitative estimate of drug-likeness (QED) is 0.705. The monoisotopic (exact) mass is 196 g/mol. The van der Waals surface area contributed by atoms with E-state index in [0.717, 1.165) is 18.4 Å². The molecule has 1 unspecified atom stereocenters. The largest absolute Gasteiger partial charge is 0.329 e. The number of hydrogen-bond donors (Lipinski definition) is 2. The molecule has 0 aliphatic heterocycles. The molecule has 2 aliphatic rings. The van der Waals surface area contributed by atoms with E-state index in [1.54, 1.807) is 0 Å². The van der Waals surface area contributed by atoms with Gasteiger partial charge in [0.2, 0.25) is 0 Å². The van der Waals surface area contributed by atoms with Gasteiger partial charge in [-0.3, -0.25) is 0 Å². The number of nitrogens with two attached hydrogens (primary N) is 1. The minimum atomic E-state index is 0.309. The zero-order valence-electron chi connectivity index (χ0n) is 9.39. The van der Waals surface area contributed by atoms with Crippen LogP contribution >= 0.6 is 0 Å². The molecule has 0 saturated heterocycles. The van der Waals surface area contributed by atoms with Crippen molar-refractivity contribution < 1.29 is 0 Å². The lowest BCUT2D eigenvalue weighted by atomic mass is 9.96. The molecular weight excluding hydrogens is 172 g/mol. The maximum atomic E-state index is 5.88. The predicted octanol–water partition coefficient (Wildman–Crippen LogP) is 1.89. The number of nitrogens with one attached hydrogen (secondary N) is 1. The van der Waals surface area contributed by atoms with Crippen LogP contribution < -0.4 is 11.1 Å². The molecule has 82 valence electrons. The molecule has 0 heterocycles. The molecule has 0 amide bonds. The Morgan fingerprint density at radius 1 is 1.36 bits per heavy atom. The standard InChI is InChI=1S/C12H24N2/c1-10(11-4-5-11)8-14-12(9-13)6-2-3-7-12/h10-11,14H,2-9,13H2,1H3. The number of hydrogen-bond acceptors (Lipinski definition) is 2. The summed E-state index contributed by atoms with van der Waals surface area (Å²) in [5, 5.41) is 3.74. The molecule has 0 radical (unpaired) electrons. The summed E-state index contributed by atoms with van der Waals surface area (Å²) in [6, 6.07) is 0. The van der Waals surface area contributed by atoms with Crippen molar-refractivity contribution in [2.24, 2.45) is 17.6 Å². The van der Waals surface area contributed by atoms with Crippen LogP contribution in [0.2, 0.25) is 0 Å². The molecule has 0 aromatic heterocycles. The minimum absolute atomic E-state index is 0.309. The lowest BCUT2D eigenvalue weighted by Gasteiger charge is -2.30. The molecule has 2 rings (SSSR count). The average Bonchev–Trinajstić information content (AvgIpc) is 2.95. The van der Waals surface area contributed by atoms with Gasteiger partial charge in [-0.15, -0.1) is 0 Å². The van der Waals surface area contributed by atoms with Crippen molar-refractivity contribution in [1.82, 2.24) is 5.32 Å². The fraction of sp³-hybridized carbons (Fsp3) is 1.00. The molecule has 0 aromatic rings. The molecule has 2 saturated carbocycles. The lowest BCUT2D eigenvalue weighted by Crippen LogP contribution is -2.50. The van der Waals surface area contributed by atoms with Crippen molar-refractivity contribution in [2.45, 2.75) is 51.0 Å². The van der Waals surface area contributed by atoms with Crippen molar-refractivity contribution in [1.29, 1.82) is 0 Å². The molecule has 2 heteroatoms. The smallest absolute Gasteiger partial charge is 0.0304 e. The third kappa shape index (κ3) is 2.29. The Morgan fingerprint density at radius 3 is 2.50 bits per heavy atom. The first-order valence-electron chi connectivity index (χ1n) is 6.21. The van der Waals surface area contributed by atoms with Gasteiger partial charge in [-0.05, 0) is 44.1 Å². The van der Waals surface area contributed by atoms with Gasteiger partial charge < -0.3 is 11.1 Å². The van der Waals surface area contributed by atoms with E-state index in [9.17, 15) is 0 Å². The van der Waals surface area contributed by atoms with E-state index in [0.29, 0.717) is 5.54 Å². The molecule has 0 bridgehead atoms. The summed E-state index contributed by atoms with van der Waals surface area (Å²) in [7, 11) is 0. The Morgan fingerprint density at radius 2 is 2.00 bits per heavy atom. The fourth-order valence-corrected chi connectivity index (χ4v) is 2.71. The predicted molar refractivity (Wildman–Crippen MR) is 60.1 cm³/mol. The van der Waals surface area contributed by atoms with Gasteiger partial charge in [0.05, 0.1) is 0 Å². The van der Waals surface area contributed by atoms with Crippen molar-refractivity contribution >= 4 is 0 Å². The van der Waals surface area contributed by atoms with Gasteiger partial charge in [-0.1, -0.05) is 19.8 Å². The Kier molecular flexibility index (Phi) is 3.13. The Bertz CT molecular complexity index is 181. The van der Waals surface area contributed by atoms with Crippen LogP contribution in [0.4, 0.5) is 0 Å². The maximum Gasteiger partial charge on any atom is 0.0304 e. The van der Waals surface area contributed by atoms with E-state index in [1.165, 1.54) is 45.1 Å². The molecule has 0 aromatic carbocycles. The second-order valence-corrected chi connectivity index (χ2v) is 5.39. The van der Waals surface area contributed by atoms with E-state index in [2.05, 4.69) is 12.2 Å². The third-order valence-corrected chi connectivity index (χ3v) is 4.18. The van der Waals surface area contributed by atoms with Gasteiger partial charge in [-0.2, -0.15) is 0 Å². The molecule has 0 spiro atoms. The van der Waals surface area contributed by atoms with Crippen LogP contribution in [-0.2, 0) is 0 Å². The summed E-state index contributed by atoms with van der Waals surface area (Å²) in [5.41, 5.74) is 6.19. The average molecular weight is 196 g/mol. The molecule has 2 nitrogen and oxygen atoms in total. The summed E-state index contributed by atoms with van der Waals surface area (Å²) in [6.07, 6.45) is 8.22. The molecular formula is C12H24N2. The van der Waals surface area contributed by atoms with E-state index < -0.39 is 0 Å². The van der Waals surface area contributed by atoms with Crippen LogP contribution in [0.3, 0.4) is 0 Å². The molecule has 2 fully saturated rings. The second kappa shape index (κ2) is 4.19. The highest BCUT2D eigenvalue weighted by Crippen LogP contribution is 2.37. The summed E-state index contributed by atoms with van der Waals surface area (Å²) in [6.45, 7) is 4.39. The highest BCUT2D eigenvalue weighted by molar-refractivity contribution is 4.94. The van der Waals surface area contributed by atoms with E-state index >= 15 is 0 Å². The fourth-order valence-electron chi connectivity index (χ4n) is 2.71. The van der Waals surface area contributed by atoms with Gasteiger partial charge >= 0.3 is 0 Å².